The Bertz CT molecular complexity index is 313. The normalized spacial score (nSPS) is 22.5. The van der Waals surface area contributed by atoms with Crippen LogP contribution in [0.25, 0.3) is 0 Å². The third-order valence-electron chi connectivity index (χ3n) is 3.56. The molecule has 1 saturated heterocycles. The molecule has 1 aliphatic heterocycles. The first-order valence-corrected chi connectivity index (χ1v) is 6.58. The van der Waals surface area contributed by atoms with Crippen LogP contribution in [0.2, 0.25) is 0 Å². The van der Waals surface area contributed by atoms with Crippen LogP contribution in [0.15, 0.2) is 12.5 Å². The fraction of sp³-hybridized carbons (Fsp3) is 0.769. The molecule has 0 spiro atoms. The van der Waals surface area contributed by atoms with E-state index >= 15 is 0 Å². The van der Waals surface area contributed by atoms with Gasteiger partial charge in [-0.3, -0.25) is 0 Å². The Morgan fingerprint density at radius 2 is 2.50 bits per heavy atom. The van der Waals surface area contributed by atoms with Gasteiger partial charge in [0.25, 0.3) is 0 Å². The molecular formula is C13H23N3. The van der Waals surface area contributed by atoms with Gasteiger partial charge in [-0.15, -0.1) is 0 Å². The van der Waals surface area contributed by atoms with Crippen molar-refractivity contribution in [1.82, 2.24) is 14.9 Å². The average molecular weight is 221 g/mol. The smallest absolute Gasteiger partial charge is 0.0951 e. The summed E-state index contributed by atoms with van der Waals surface area (Å²) < 4.78 is 2.36. The molecule has 16 heavy (non-hydrogen) atoms. The molecule has 2 rings (SSSR count). The van der Waals surface area contributed by atoms with Crippen molar-refractivity contribution in [2.24, 2.45) is 0 Å². The Hall–Kier alpha value is -0.830. The Kier molecular flexibility index (Phi) is 3.99. The molecule has 1 aromatic rings. The molecule has 0 bridgehead atoms. The fourth-order valence-corrected chi connectivity index (χ4v) is 2.53. The van der Waals surface area contributed by atoms with E-state index in [0.29, 0.717) is 12.1 Å². The van der Waals surface area contributed by atoms with E-state index < -0.39 is 0 Å². The highest BCUT2D eigenvalue weighted by Crippen LogP contribution is 2.26. The molecule has 3 nitrogen and oxygen atoms in total. The van der Waals surface area contributed by atoms with Crippen LogP contribution in [-0.4, -0.2) is 16.1 Å². The van der Waals surface area contributed by atoms with Gasteiger partial charge in [0, 0.05) is 18.3 Å². The summed E-state index contributed by atoms with van der Waals surface area (Å²) in [5, 5.41) is 3.55. The maximum atomic E-state index is 4.32. The summed E-state index contributed by atoms with van der Waals surface area (Å²) in [7, 11) is 0. The highest BCUT2D eigenvalue weighted by Gasteiger charge is 2.21. The maximum absolute atomic E-state index is 4.32. The minimum Gasteiger partial charge on any atom is -0.330 e. The summed E-state index contributed by atoms with van der Waals surface area (Å²) in [6.45, 7) is 5.70. The van der Waals surface area contributed by atoms with Gasteiger partial charge < -0.3 is 9.88 Å². The summed E-state index contributed by atoms with van der Waals surface area (Å²) >= 11 is 0. The number of nitrogens with one attached hydrogen (secondary N) is 1. The highest BCUT2D eigenvalue weighted by atomic mass is 15.1. The zero-order valence-electron chi connectivity index (χ0n) is 10.4. The lowest BCUT2D eigenvalue weighted by Gasteiger charge is -2.19. The standard InChI is InChI=1S/C13H23N3/c1-3-4-6-11(2)16-10-14-9-13(16)12-7-5-8-15-12/h9-12,15H,3-8H2,1-2H3/t11?,12-/m0/s1. The lowest BCUT2D eigenvalue weighted by molar-refractivity contribution is 0.451. The molecule has 90 valence electrons. The lowest BCUT2D eigenvalue weighted by atomic mass is 10.1. The predicted octanol–water partition coefficient (Wildman–Crippen LogP) is 3.06. The SMILES string of the molecule is CCCCC(C)n1cncc1[C@@H]1CCCN1. The van der Waals surface area contributed by atoms with Crippen molar-refractivity contribution in [2.75, 3.05) is 6.54 Å². The van der Waals surface area contributed by atoms with Crippen LogP contribution in [0.3, 0.4) is 0 Å². The van der Waals surface area contributed by atoms with Crippen molar-refractivity contribution in [3.05, 3.63) is 18.2 Å². The van der Waals surface area contributed by atoms with Crippen LogP contribution in [0.1, 0.15) is 63.7 Å². The zero-order valence-corrected chi connectivity index (χ0v) is 10.4. The van der Waals surface area contributed by atoms with Gasteiger partial charge in [-0.25, -0.2) is 4.98 Å². The molecule has 1 N–H and O–H groups in total. The van der Waals surface area contributed by atoms with Gasteiger partial charge in [0.2, 0.25) is 0 Å². The van der Waals surface area contributed by atoms with Crippen LogP contribution in [0.4, 0.5) is 0 Å². The van der Waals surface area contributed by atoms with Crippen molar-refractivity contribution < 1.29 is 0 Å². The van der Waals surface area contributed by atoms with Gasteiger partial charge >= 0.3 is 0 Å². The summed E-state index contributed by atoms with van der Waals surface area (Å²) in [5.41, 5.74) is 1.38. The van der Waals surface area contributed by atoms with E-state index in [1.165, 1.54) is 37.8 Å². The highest BCUT2D eigenvalue weighted by molar-refractivity contribution is 5.08. The quantitative estimate of drug-likeness (QED) is 0.828. The molecule has 0 amide bonds. The Morgan fingerprint density at radius 3 is 3.19 bits per heavy atom. The number of rotatable bonds is 5. The summed E-state index contributed by atoms with van der Waals surface area (Å²) in [4.78, 5) is 4.32. The molecule has 2 heterocycles. The van der Waals surface area contributed by atoms with Gasteiger partial charge in [0.15, 0.2) is 0 Å². The summed E-state index contributed by atoms with van der Waals surface area (Å²) in [5.74, 6) is 0. The molecule has 1 fully saturated rings. The minimum atomic E-state index is 0.534. The largest absolute Gasteiger partial charge is 0.330 e. The second-order valence-corrected chi connectivity index (χ2v) is 4.87. The van der Waals surface area contributed by atoms with E-state index in [0.717, 1.165) is 6.54 Å². The van der Waals surface area contributed by atoms with E-state index in [1.54, 1.807) is 0 Å². The van der Waals surface area contributed by atoms with E-state index in [4.69, 9.17) is 0 Å². The topological polar surface area (TPSA) is 29.9 Å². The Morgan fingerprint density at radius 1 is 1.62 bits per heavy atom. The molecule has 0 aliphatic carbocycles. The number of nitrogens with zero attached hydrogens (tertiary/aromatic N) is 2. The number of aromatic nitrogens is 2. The summed E-state index contributed by atoms with van der Waals surface area (Å²) in [6.07, 6.45) is 10.4. The van der Waals surface area contributed by atoms with Crippen LogP contribution in [-0.2, 0) is 0 Å². The first-order valence-electron chi connectivity index (χ1n) is 6.58. The molecular weight excluding hydrogens is 198 g/mol. The molecule has 1 aliphatic rings. The van der Waals surface area contributed by atoms with Crippen LogP contribution < -0.4 is 5.32 Å². The predicted molar refractivity (Wildman–Crippen MR) is 66.4 cm³/mol. The van der Waals surface area contributed by atoms with Gasteiger partial charge in [-0.05, 0) is 32.7 Å². The van der Waals surface area contributed by atoms with Gasteiger partial charge in [0.1, 0.15) is 0 Å². The lowest BCUT2D eigenvalue weighted by Crippen LogP contribution is -2.18. The second kappa shape index (κ2) is 5.48. The van der Waals surface area contributed by atoms with E-state index in [1.807, 2.05) is 12.5 Å². The molecule has 0 saturated carbocycles. The fourth-order valence-electron chi connectivity index (χ4n) is 2.53. The van der Waals surface area contributed by atoms with E-state index in [-0.39, 0.29) is 0 Å². The number of imidazole rings is 1. The van der Waals surface area contributed by atoms with Crippen LogP contribution in [0, 0.1) is 0 Å². The number of unbranched alkanes of at least 4 members (excludes halogenated alkanes) is 1. The maximum Gasteiger partial charge on any atom is 0.0951 e. The monoisotopic (exact) mass is 221 g/mol. The second-order valence-electron chi connectivity index (χ2n) is 4.87. The third kappa shape index (κ3) is 2.46. The average Bonchev–Trinajstić information content (AvgIpc) is 2.94. The van der Waals surface area contributed by atoms with Crippen molar-refractivity contribution >= 4 is 0 Å². The minimum absolute atomic E-state index is 0.534. The zero-order chi connectivity index (χ0) is 11.4. The van der Waals surface area contributed by atoms with Gasteiger partial charge in [-0.1, -0.05) is 19.8 Å². The molecule has 0 radical (unpaired) electrons. The van der Waals surface area contributed by atoms with Crippen LogP contribution >= 0.6 is 0 Å². The number of hydrogen-bond donors (Lipinski definition) is 1. The first-order chi connectivity index (χ1) is 7.83. The van der Waals surface area contributed by atoms with E-state index in [2.05, 4.69) is 28.7 Å². The van der Waals surface area contributed by atoms with Crippen LogP contribution in [0.5, 0.6) is 0 Å². The number of hydrogen-bond acceptors (Lipinski definition) is 2. The van der Waals surface area contributed by atoms with Crippen molar-refractivity contribution in [1.29, 1.82) is 0 Å². The first kappa shape index (κ1) is 11.6. The van der Waals surface area contributed by atoms with Crippen molar-refractivity contribution in [3.63, 3.8) is 0 Å². The van der Waals surface area contributed by atoms with E-state index in [9.17, 15) is 0 Å². The Balaban J connectivity index is 2.05. The Labute approximate surface area is 98.3 Å². The molecule has 1 aromatic heterocycles. The van der Waals surface area contributed by atoms with Gasteiger partial charge in [-0.2, -0.15) is 0 Å². The van der Waals surface area contributed by atoms with Crippen molar-refractivity contribution in [2.45, 2.75) is 58.0 Å². The van der Waals surface area contributed by atoms with Gasteiger partial charge in [0.05, 0.1) is 12.0 Å². The molecule has 2 atom stereocenters. The molecule has 1 unspecified atom stereocenters. The summed E-state index contributed by atoms with van der Waals surface area (Å²) in [6, 6.07) is 1.12. The van der Waals surface area contributed by atoms with Crippen molar-refractivity contribution in [3.8, 4) is 0 Å². The molecule has 0 aromatic carbocycles. The molecule has 3 heteroatoms. The third-order valence-corrected chi connectivity index (χ3v) is 3.56.